The van der Waals surface area contributed by atoms with Gasteiger partial charge in [-0.25, -0.2) is 0 Å². The lowest BCUT2D eigenvalue weighted by Crippen LogP contribution is -2.12. The van der Waals surface area contributed by atoms with Gasteiger partial charge in [0.25, 0.3) is 0 Å². The minimum atomic E-state index is -0.414. The van der Waals surface area contributed by atoms with Gasteiger partial charge < -0.3 is 11.1 Å². The first-order valence-electron chi connectivity index (χ1n) is 6.42. The largest absolute Gasteiger partial charge is 0.366 e. The molecule has 1 amide bonds. The number of hydrogen-bond acceptors (Lipinski definition) is 4. The Kier molecular flexibility index (Phi) is 4.47. The number of amidine groups is 1. The molecule has 1 heterocycles. The van der Waals surface area contributed by atoms with Crippen molar-refractivity contribution >= 4 is 28.5 Å². The Hall–Kier alpha value is -1.49. The van der Waals surface area contributed by atoms with Gasteiger partial charge in [-0.2, -0.15) is 0 Å². The molecule has 1 aromatic rings. The Balaban J connectivity index is 1.95. The molecule has 0 spiro atoms. The van der Waals surface area contributed by atoms with Crippen LogP contribution in [-0.4, -0.2) is 22.9 Å². The summed E-state index contributed by atoms with van der Waals surface area (Å²) in [4.78, 5) is 15.6. The van der Waals surface area contributed by atoms with Crippen molar-refractivity contribution in [2.45, 2.75) is 25.5 Å². The van der Waals surface area contributed by atoms with E-state index in [1.54, 1.807) is 23.9 Å². The number of nitrogens with zero attached hydrogens (tertiary/aromatic N) is 1. The summed E-state index contributed by atoms with van der Waals surface area (Å²) in [6, 6.07) is 7.18. The zero-order valence-electron chi connectivity index (χ0n) is 11.2. The molecule has 5 heteroatoms. The molecule has 4 nitrogen and oxygen atoms in total. The van der Waals surface area contributed by atoms with Crippen molar-refractivity contribution in [2.75, 3.05) is 11.9 Å². The number of carbonyl (C=O) groups is 1. The number of carbonyl (C=O) groups excluding carboxylic acids is 1. The zero-order valence-corrected chi connectivity index (χ0v) is 12.0. The van der Waals surface area contributed by atoms with Crippen molar-refractivity contribution in [3.8, 4) is 0 Å². The number of amides is 1. The van der Waals surface area contributed by atoms with Gasteiger partial charge in [0.15, 0.2) is 5.17 Å². The maximum atomic E-state index is 11.1. The Morgan fingerprint density at radius 1 is 1.58 bits per heavy atom. The smallest absolute Gasteiger partial charge is 0.248 e. The van der Waals surface area contributed by atoms with E-state index in [2.05, 4.69) is 24.2 Å². The zero-order chi connectivity index (χ0) is 13.8. The molecule has 0 bridgehead atoms. The molecule has 0 radical (unpaired) electrons. The van der Waals surface area contributed by atoms with Crippen molar-refractivity contribution in [3.05, 3.63) is 29.8 Å². The number of rotatable bonds is 4. The van der Waals surface area contributed by atoms with Crippen molar-refractivity contribution in [1.82, 2.24) is 0 Å². The second kappa shape index (κ2) is 6.10. The van der Waals surface area contributed by atoms with Crippen LogP contribution < -0.4 is 11.1 Å². The van der Waals surface area contributed by atoms with E-state index in [0.717, 1.165) is 17.4 Å². The van der Waals surface area contributed by atoms with E-state index in [1.807, 2.05) is 12.1 Å². The van der Waals surface area contributed by atoms with E-state index in [0.29, 0.717) is 16.7 Å². The molecule has 2 rings (SSSR count). The highest BCUT2D eigenvalue weighted by molar-refractivity contribution is 8.15. The van der Waals surface area contributed by atoms with Gasteiger partial charge in [0.2, 0.25) is 5.91 Å². The summed E-state index contributed by atoms with van der Waals surface area (Å²) < 4.78 is 0. The predicted octanol–water partition coefficient (Wildman–Crippen LogP) is 2.71. The van der Waals surface area contributed by atoms with Gasteiger partial charge in [-0.1, -0.05) is 31.7 Å². The highest BCUT2D eigenvalue weighted by atomic mass is 32.2. The van der Waals surface area contributed by atoms with Crippen LogP contribution in [0.5, 0.6) is 0 Å². The van der Waals surface area contributed by atoms with Gasteiger partial charge in [0.05, 0.1) is 6.54 Å². The van der Waals surface area contributed by atoms with Crippen LogP contribution in [0.3, 0.4) is 0 Å². The van der Waals surface area contributed by atoms with Crippen LogP contribution in [0.4, 0.5) is 5.69 Å². The molecule has 1 aromatic carbocycles. The quantitative estimate of drug-likeness (QED) is 0.889. The summed E-state index contributed by atoms with van der Waals surface area (Å²) in [7, 11) is 0. The average molecular weight is 277 g/mol. The van der Waals surface area contributed by atoms with E-state index < -0.39 is 5.91 Å². The van der Waals surface area contributed by atoms with Crippen molar-refractivity contribution in [2.24, 2.45) is 16.6 Å². The number of primary amides is 1. The monoisotopic (exact) mass is 277 g/mol. The fraction of sp³-hybridized carbons (Fsp3) is 0.429. The minimum Gasteiger partial charge on any atom is -0.366 e. The SMILES string of the molecule is CC(C)CC1CN=C(Nc2cccc(C(N)=O)c2)S1. The Morgan fingerprint density at radius 3 is 3.05 bits per heavy atom. The lowest BCUT2D eigenvalue weighted by Gasteiger charge is -2.11. The molecule has 102 valence electrons. The predicted molar refractivity (Wildman–Crippen MR) is 81.7 cm³/mol. The lowest BCUT2D eigenvalue weighted by atomic mass is 10.1. The van der Waals surface area contributed by atoms with Crippen LogP contribution in [0.15, 0.2) is 29.3 Å². The summed E-state index contributed by atoms with van der Waals surface area (Å²) in [5.74, 6) is 0.271. The van der Waals surface area contributed by atoms with Crippen LogP contribution in [0, 0.1) is 5.92 Å². The van der Waals surface area contributed by atoms with Gasteiger partial charge in [0.1, 0.15) is 0 Å². The number of nitrogens with two attached hydrogens (primary N) is 1. The van der Waals surface area contributed by atoms with E-state index in [9.17, 15) is 4.79 Å². The maximum absolute atomic E-state index is 11.1. The molecule has 0 saturated carbocycles. The van der Waals surface area contributed by atoms with Gasteiger partial charge >= 0.3 is 0 Å². The molecule has 0 aliphatic carbocycles. The first-order chi connectivity index (χ1) is 9.04. The molecule has 1 unspecified atom stereocenters. The van der Waals surface area contributed by atoms with Crippen molar-refractivity contribution < 1.29 is 4.79 Å². The van der Waals surface area contributed by atoms with Crippen LogP contribution in [0.1, 0.15) is 30.6 Å². The number of aliphatic imine (C=N–C) groups is 1. The Morgan fingerprint density at radius 2 is 2.37 bits per heavy atom. The highest BCUT2D eigenvalue weighted by Crippen LogP contribution is 2.27. The summed E-state index contributed by atoms with van der Waals surface area (Å²) >= 11 is 1.77. The van der Waals surface area contributed by atoms with Crippen LogP contribution >= 0.6 is 11.8 Å². The third kappa shape index (κ3) is 3.99. The van der Waals surface area contributed by atoms with Crippen LogP contribution in [0.2, 0.25) is 0 Å². The van der Waals surface area contributed by atoms with E-state index in [-0.39, 0.29) is 0 Å². The summed E-state index contributed by atoms with van der Waals surface area (Å²) in [6.07, 6.45) is 1.17. The Labute approximate surface area is 117 Å². The first-order valence-corrected chi connectivity index (χ1v) is 7.30. The van der Waals surface area contributed by atoms with Crippen LogP contribution in [-0.2, 0) is 0 Å². The molecule has 19 heavy (non-hydrogen) atoms. The third-order valence-electron chi connectivity index (χ3n) is 2.85. The standard InChI is InChI=1S/C14H19N3OS/c1-9(2)6-12-8-16-14(19-12)17-11-5-3-4-10(7-11)13(15)18/h3-5,7,9,12H,6,8H2,1-2H3,(H2,15,18)(H,16,17). The molecular weight excluding hydrogens is 258 g/mol. The molecule has 0 fully saturated rings. The topological polar surface area (TPSA) is 67.5 Å². The van der Waals surface area contributed by atoms with Gasteiger partial charge in [-0.05, 0) is 30.5 Å². The van der Waals surface area contributed by atoms with E-state index in [1.165, 1.54) is 6.42 Å². The molecule has 1 aliphatic rings. The van der Waals surface area contributed by atoms with Gasteiger partial charge in [-0.3, -0.25) is 9.79 Å². The van der Waals surface area contributed by atoms with Crippen molar-refractivity contribution in [1.29, 1.82) is 0 Å². The molecule has 1 aliphatic heterocycles. The first kappa shape index (κ1) is 13.9. The number of hydrogen-bond donors (Lipinski definition) is 2. The second-order valence-corrected chi connectivity index (χ2v) is 6.37. The molecule has 0 saturated heterocycles. The molecular formula is C14H19N3OS. The number of thioether (sulfide) groups is 1. The minimum absolute atomic E-state index is 0.414. The lowest BCUT2D eigenvalue weighted by molar-refractivity contribution is 0.100. The summed E-state index contributed by atoms with van der Waals surface area (Å²) in [5, 5.41) is 4.73. The van der Waals surface area contributed by atoms with E-state index >= 15 is 0 Å². The average Bonchev–Trinajstić information content (AvgIpc) is 2.76. The third-order valence-corrected chi connectivity index (χ3v) is 3.98. The van der Waals surface area contributed by atoms with Crippen LogP contribution in [0.25, 0.3) is 0 Å². The van der Waals surface area contributed by atoms with Gasteiger partial charge in [0, 0.05) is 16.5 Å². The molecule has 1 atom stereocenters. The molecule has 0 aromatic heterocycles. The normalized spacial score (nSPS) is 18.5. The summed E-state index contributed by atoms with van der Waals surface area (Å²) in [6.45, 7) is 5.31. The fourth-order valence-corrected chi connectivity index (χ4v) is 3.28. The van der Waals surface area contributed by atoms with E-state index in [4.69, 9.17) is 5.73 Å². The van der Waals surface area contributed by atoms with Gasteiger partial charge in [-0.15, -0.1) is 0 Å². The second-order valence-electron chi connectivity index (χ2n) is 5.09. The fourth-order valence-electron chi connectivity index (χ4n) is 2.01. The highest BCUT2D eigenvalue weighted by Gasteiger charge is 2.20. The number of anilines is 1. The maximum Gasteiger partial charge on any atom is 0.248 e. The number of benzene rings is 1. The summed E-state index contributed by atoms with van der Waals surface area (Å²) in [5.41, 5.74) is 6.63. The van der Waals surface area contributed by atoms with Crippen molar-refractivity contribution in [3.63, 3.8) is 0 Å². The Bertz CT molecular complexity index is 499. The molecule has 3 N–H and O–H groups in total. The number of nitrogens with one attached hydrogen (secondary N) is 1.